The second-order valence-electron chi connectivity index (χ2n) is 6.04. The fourth-order valence-corrected chi connectivity index (χ4v) is 3.00. The molecule has 1 atom stereocenters. The van der Waals surface area contributed by atoms with Gasteiger partial charge in [-0.3, -0.25) is 4.79 Å². The third-order valence-electron chi connectivity index (χ3n) is 4.57. The van der Waals surface area contributed by atoms with E-state index in [4.69, 9.17) is 18.9 Å². The van der Waals surface area contributed by atoms with Gasteiger partial charge in [-0.25, -0.2) is 0 Å². The third-order valence-corrected chi connectivity index (χ3v) is 4.57. The Labute approximate surface area is 153 Å². The molecular weight excluding hydrogens is 334 g/mol. The Balaban J connectivity index is 1.91. The van der Waals surface area contributed by atoms with Crippen molar-refractivity contribution < 1.29 is 23.7 Å². The van der Waals surface area contributed by atoms with E-state index in [1.165, 1.54) is 0 Å². The van der Waals surface area contributed by atoms with E-state index in [9.17, 15) is 4.79 Å². The average Bonchev–Trinajstić information content (AvgIpc) is 2.71. The number of carbonyl (C=O) groups excluding carboxylic acids is 1. The van der Waals surface area contributed by atoms with Crippen LogP contribution in [-0.4, -0.2) is 45.3 Å². The van der Waals surface area contributed by atoms with Gasteiger partial charge in [0.2, 0.25) is 5.75 Å². The number of methoxy groups -OCH3 is 2. The first kappa shape index (κ1) is 17.9. The fourth-order valence-electron chi connectivity index (χ4n) is 3.00. The molecule has 0 aliphatic carbocycles. The molecule has 0 bridgehead atoms. The van der Waals surface area contributed by atoms with Crippen molar-refractivity contribution in [3.05, 3.63) is 47.5 Å². The number of hydrogen-bond acceptors (Lipinski definition) is 5. The quantitative estimate of drug-likeness (QED) is 0.822. The van der Waals surface area contributed by atoms with Gasteiger partial charge in [0.25, 0.3) is 5.91 Å². The third kappa shape index (κ3) is 3.27. The van der Waals surface area contributed by atoms with Crippen LogP contribution in [0.5, 0.6) is 23.0 Å². The second kappa shape index (κ2) is 7.56. The molecule has 1 amide bonds. The summed E-state index contributed by atoms with van der Waals surface area (Å²) in [6.07, 6.45) is 0. The van der Waals surface area contributed by atoms with Crippen molar-refractivity contribution in [2.75, 3.05) is 34.5 Å². The summed E-state index contributed by atoms with van der Waals surface area (Å²) in [4.78, 5) is 14.7. The van der Waals surface area contributed by atoms with Crippen LogP contribution < -0.4 is 18.9 Å². The minimum Gasteiger partial charge on any atom is -0.496 e. The molecule has 26 heavy (non-hydrogen) atoms. The Morgan fingerprint density at radius 2 is 1.77 bits per heavy atom. The summed E-state index contributed by atoms with van der Waals surface area (Å²) >= 11 is 0. The molecule has 0 N–H and O–H groups in total. The molecule has 0 aromatic heterocycles. The first-order valence-electron chi connectivity index (χ1n) is 8.44. The first-order chi connectivity index (χ1) is 12.6. The molecule has 1 aliphatic rings. The number of hydrogen-bond donors (Lipinski definition) is 0. The molecule has 2 aromatic carbocycles. The van der Waals surface area contributed by atoms with Crippen molar-refractivity contribution >= 4 is 5.91 Å². The number of fused-ring (bicyclic) bond motifs is 1. The smallest absolute Gasteiger partial charge is 0.254 e. The number of nitrogens with zero attached hydrogens (tertiary/aromatic N) is 1. The van der Waals surface area contributed by atoms with Gasteiger partial charge in [0.05, 0.1) is 20.3 Å². The number of amides is 1. The molecule has 6 heteroatoms. The van der Waals surface area contributed by atoms with Gasteiger partial charge in [0.1, 0.15) is 19.0 Å². The van der Waals surface area contributed by atoms with Crippen LogP contribution in [0.25, 0.3) is 0 Å². The average molecular weight is 357 g/mol. The van der Waals surface area contributed by atoms with Gasteiger partial charge in [-0.05, 0) is 25.1 Å². The molecule has 138 valence electrons. The lowest BCUT2D eigenvalue weighted by Crippen LogP contribution is -2.30. The van der Waals surface area contributed by atoms with Crippen molar-refractivity contribution in [2.45, 2.75) is 13.0 Å². The van der Waals surface area contributed by atoms with Crippen LogP contribution in [0.4, 0.5) is 0 Å². The van der Waals surface area contributed by atoms with E-state index in [0.29, 0.717) is 36.0 Å². The Morgan fingerprint density at radius 3 is 2.50 bits per heavy atom. The van der Waals surface area contributed by atoms with Crippen molar-refractivity contribution in [2.24, 2.45) is 0 Å². The molecule has 1 aliphatic heterocycles. The lowest BCUT2D eigenvalue weighted by Gasteiger charge is -2.27. The Kier molecular flexibility index (Phi) is 5.21. The minimum absolute atomic E-state index is 0.140. The van der Waals surface area contributed by atoms with Gasteiger partial charge in [-0.2, -0.15) is 0 Å². The van der Waals surface area contributed by atoms with E-state index >= 15 is 0 Å². The number of benzene rings is 2. The van der Waals surface area contributed by atoms with Crippen molar-refractivity contribution in [1.29, 1.82) is 0 Å². The Bertz CT molecular complexity index is 788. The zero-order valence-electron chi connectivity index (χ0n) is 15.4. The van der Waals surface area contributed by atoms with Gasteiger partial charge in [-0.1, -0.05) is 18.2 Å². The Morgan fingerprint density at radius 1 is 1.08 bits per heavy atom. The highest BCUT2D eigenvalue weighted by molar-refractivity contribution is 5.95. The topological polar surface area (TPSA) is 57.2 Å². The van der Waals surface area contributed by atoms with Crippen LogP contribution in [-0.2, 0) is 0 Å². The minimum atomic E-state index is -0.169. The summed E-state index contributed by atoms with van der Waals surface area (Å²) in [7, 11) is 4.94. The van der Waals surface area contributed by atoms with Crippen LogP contribution >= 0.6 is 0 Å². The van der Waals surface area contributed by atoms with E-state index in [1.54, 1.807) is 38.3 Å². The van der Waals surface area contributed by atoms with Gasteiger partial charge in [0, 0.05) is 18.2 Å². The maximum Gasteiger partial charge on any atom is 0.254 e. The number of rotatable bonds is 5. The van der Waals surface area contributed by atoms with E-state index < -0.39 is 0 Å². The summed E-state index contributed by atoms with van der Waals surface area (Å²) in [5, 5.41) is 0. The zero-order valence-corrected chi connectivity index (χ0v) is 15.4. The fraction of sp³-hybridized carbons (Fsp3) is 0.350. The zero-order chi connectivity index (χ0) is 18.7. The molecule has 0 spiro atoms. The molecule has 6 nitrogen and oxygen atoms in total. The summed E-state index contributed by atoms with van der Waals surface area (Å²) in [6, 6.07) is 10.9. The van der Waals surface area contributed by atoms with Crippen molar-refractivity contribution in [1.82, 2.24) is 4.90 Å². The molecule has 0 fully saturated rings. The molecule has 0 saturated heterocycles. The van der Waals surface area contributed by atoms with Crippen LogP contribution in [0.15, 0.2) is 36.4 Å². The van der Waals surface area contributed by atoms with E-state index in [0.717, 1.165) is 11.3 Å². The largest absolute Gasteiger partial charge is 0.496 e. The van der Waals surface area contributed by atoms with Crippen molar-refractivity contribution in [3.8, 4) is 23.0 Å². The molecule has 0 radical (unpaired) electrons. The maximum atomic E-state index is 13.0. The molecule has 1 unspecified atom stereocenters. The van der Waals surface area contributed by atoms with Gasteiger partial charge < -0.3 is 23.8 Å². The van der Waals surface area contributed by atoms with Crippen molar-refractivity contribution in [3.63, 3.8) is 0 Å². The maximum absolute atomic E-state index is 13.0. The molecule has 3 rings (SSSR count). The molecule has 2 aromatic rings. The Hall–Kier alpha value is -2.89. The molecule has 0 saturated carbocycles. The molecule has 1 heterocycles. The van der Waals surface area contributed by atoms with Crippen LogP contribution in [0.1, 0.15) is 28.9 Å². The summed E-state index contributed by atoms with van der Waals surface area (Å²) in [5.41, 5.74) is 1.42. The van der Waals surface area contributed by atoms with E-state index in [2.05, 4.69) is 0 Å². The first-order valence-corrected chi connectivity index (χ1v) is 8.44. The van der Waals surface area contributed by atoms with Crippen LogP contribution in [0.2, 0.25) is 0 Å². The number of carbonyl (C=O) groups is 1. The predicted molar refractivity (Wildman–Crippen MR) is 97.5 cm³/mol. The summed E-state index contributed by atoms with van der Waals surface area (Å²) in [5.74, 6) is 2.16. The number of ether oxygens (including phenoxy) is 4. The van der Waals surface area contributed by atoms with Crippen LogP contribution in [0, 0.1) is 0 Å². The monoisotopic (exact) mass is 357 g/mol. The highest BCUT2D eigenvalue weighted by Crippen LogP contribution is 2.41. The van der Waals surface area contributed by atoms with E-state index in [1.807, 2.05) is 31.2 Å². The molecular formula is C20H23NO5. The van der Waals surface area contributed by atoms with Crippen LogP contribution in [0.3, 0.4) is 0 Å². The second-order valence-corrected chi connectivity index (χ2v) is 6.04. The highest BCUT2D eigenvalue weighted by atomic mass is 16.6. The van der Waals surface area contributed by atoms with Gasteiger partial charge in [-0.15, -0.1) is 0 Å². The summed E-state index contributed by atoms with van der Waals surface area (Å²) in [6.45, 7) is 2.87. The number of para-hydroxylation sites is 1. The lowest BCUT2D eigenvalue weighted by molar-refractivity contribution is 0.0739. The van der Waals surface area contributed by atoms with E-state index in [-0.39, 0.29) is 11.9 Å². The van der Waals surface area contributed by atoms with Gasteiger partial charge >= 0.3 is 0 Å². The van der Waals surface area contributed by atoms with Gasteiger partial charge in [0.15, 0.2) is 11.5 Å². The highest BCUT2D eigenvalue weighted by Gasteiger charge is 2.25. The normalized spacial score (nSPS) is 13.7. The lowest BCUT2D eigenvalue weighted by atomic mass is 10.0. The standard InChI is InChI=1S/C20H23NO5/c1-13(15-7-5-6-8-16(15)23-3)21(2)20(22)14-11-17(24-4)19-18(12-14)25-9-10-26-19/h5-8,11-13H,9-10H2,1-4H3. The predicted octanol–water partition coefficient (Wildman–Crippen LogP) is 3.31. The SMILES string of the molecule is COc1ccccc1C(C)N(C)C(=O)c1cc(OC)c2c(c1)OCCO2. The summed E-state index contributed by atoms with van der Waals surface area (Å²) < 4.78 is 22.0.